The van der Waals surface area contributed by atoms with Gasteiger partial charge in [0.2, 0.25) is 27.7 Å². The summed E-state index contributed by atoms with van der Waals surface area (Å²) in [5.41, 5.74) is -2.90. The minimum absolute atomic E-state index is 0.0260. The van der Waals surface area contributed by atoms with Crippen LogP contribution in [-0.2, 0) is 26.7 Å². The molecule has 2 aliphatic rings. The van der Waals surface area contributed by atoms with Crippen molar-refractivity contribution in [3.05, 3.63) is 76.5 Å². The number of Topliss-reactive ketones (excluding diaryl/α,β-unsaturated/α-hetero) is 1. The minimum atomic E-state index is -4.41. The van der Waals surface area contributed by atoms with Gasteiger partial charge in [0.15, 0.2) is 5.78 Å². The van der Waals surface area contributed by atoms with E-state index in [1.165, 1.54) is 44.2 Å². The fourth-order valence-electron chi connectivity index (χ4n) is 5.43. The van der Waals surface area contributed by atoms with Gasteiger partial charge in [-0.2, -0.15) is 9.37 Å². The van der Waals surface area contributed by atoms with Crippen LogP contribution >= 0.6 is 0 Å². The number of hydrogen-bond acceptors (Lipinski definition) is 11. The van der Waals surface area contributed by atoms with Crippen molar-refractivity contribution < 1.29 is 40.7 Å². The summed E-state index contributed by atoms with van der Waals surface area (Å²) in [4.78, 5) is 43.9. The molecule has 250 valence electrons. The molecule has 1 amide bonds. The standard InChI is InChI=1S/C30H32F3N7O6S/c1-16-24(33)25(45-6)36-26(35-16)40-14-23-30(15-40,38-27(39(5)47(23,43)44)37-28(42)46-29(2,3)4)19-11-17(7-9-20(19)32)12-22(41)21-10-8-18(31)13-34-21/h7-11,13,23H,12,14-15H2,1-6H3,(H,37,38,42). The number of halogens is 3. The fraction of sp³-hybridized carbons (Fsp3) is 0.400. The number of ketones is 1. The molecular weight excluding hydrogens is 643 g/mol. The van der Waals surface area contributed by atoms with E-state index in [9.17, 15) is 26.8 Å². The van der Waals surface area contributed by atoms with Gasteiger partial charge in [-0.05, 0) is 57.5 Å². The van der Waals surface area contributed by atoms with E-state index in [4.69, 9.17) is 9.47 Å². The number of nitrogens with one attached hydrogen (secondary N) is 1. The molecule has 3 aromatic rings. The Kier molecular flexibility index (Phi) is 8.64. The van der Waals surface area contributed by atoms with Gasteiger partial charge in [-0.3, -0.25) is 15.1 Å². The second-order valence-electron chi connectivity index (χ2n) is 12.1. The molecule has 4 heterocycles. The van der Waals surface area contributed by atoms with Crippen LogP contribution in [0.25, 0.3) is 0 Å². The second kappa shape index (κ2) is 12.1. The molecule has 5 rings (SSSR count). The molecule has 2 aliphatic heterocycles. The maximum absolute atomic E-state index is 16.0. The molecule has 13 nitrogen and oxygen atoms in total. The number of sulfonamides is 1. The molecule has 2 unspecified atom stereocenters. The van der Waals surface area contributed by atoms with Crippen molar-refractivity contribution in [1.82, 2.24) is 24.6 Å². The summed E-state index contributed by atoms with van der Waals surface area (Å²) in [6.07, 6.45) is -0.394. The summed E-state index contributed by atoms with van der Waals surface area (Å²) in [5.74, 6) is -3.71. The molecule has 0 radical (unpaired) electrons. The first-order chi connectivity index (χ1) is 21.9. The van der Waals surface area contributed by atoms with Gasteiger partial charge in [0.05, 0.1) is 25.5 Å². The lowest BCUT2D eigenvalue weighted by Crippen LogP contribution is -2.59. The van der Waals surface area contributed by atoms with Crippen molar-refractivity contribution in [2.24, 2.45) is 4.99 Å². The molecule has 47 heavy (non-hydrogen) atoms. The molecule has 1 N–H and O–H groups in total. The number of alkyl carbamates (subject to hydrolysis) is 1. The molecular formula is C30H32F3N7O6S. The lowest BCUT2D eigenvalue weighted by molar-refractivity contribution is 0.0558. The number of carbonyl (C=O) groups is 2. The van der Waals surface area contributed by atoms with E-state index in [2.05, 4.69) is 25.3 Å². The third-order valence-corrected chi connectivity index (χ3v) is 9.83. The predicted molar refractivity (Wildman–Crippen MR) is 163 cm³/mol. The van der Waals surface area contributed by atoms with Crippen molar-refractivity contribution in [3.63, 3.8) is 0 Å². The van der Waals surface area contributed by atoms with Crippen LogP contribution in [0.3, 0.4) is 0 Å². The number of nitrogens with zero attached hydrogens (tertiary/aromatic N) is 6. The van der Waals surface area contributed by atoms with Crippen molar-refractivity contribution in [2.45, 2.75) is 50.5 Å². The molecule has 2 atom stereocenters. The molecule has 0 saturated carbocycles. The maximum atomic E-state index is 16.0. The van der Waals surface area contributed by atoms with E-state index < -0.39 is 61.7 Å². The largest absolute Gasteiger partial charge is 0.479 e. The van der Waals surface area contributed by atoms with Gasteiger partial charge in [0.25, 0.3) is 5.88 Å². The fourth-order valence-corrected chi connectivity index (χ4v) is 7.25. The summed E-state index contributed by atoms with van der Waals surface area (Å²) in [6, 6.07) is 6.04. The topological polar surface area (TPSA) is 156 Å². The highest BCUT2D eigenvalue weighted by molar-refractivity contribution is 7.90. The van der Waals surface area contributed by atoms with Gasteiger partial charge in [-0.25, -0.2) is 36.3 Å². The number of aliphatic imine (C=N–C) groups is 1. The summed E-state index contributed by atoms with van der Waals surface area (Å²) in [5, 5.41) is 0.901. The third kappa shape index (κ3) is 6.43. The molecule has 1 aromatic carbocycles. The number of fused-ring (bicyclic) bond motifs is 1. The van der Waals surface area contributed by atoms with Crippen LogP contribution in [0.2, 0.25) is 0 Å². The predicted octanol–water partition coefficient (Wildman–Crippen LogP) is 3.27. The number of carbonyl (C=O) groups excluding carboxylic acids is 2. The Hall–Kier alpha value is -4.80. The second-order valence-corrected chi connectivity index (χ2v) is 14.2. The molecule has 0 bridgehead atoms. The van der Waals surface area contributed by atoms with Crippen molar-refractivity contribution in [2.75, 3.05) is 32.1 Å². The van der Waals surface area contributed by atoms with Gasteiger partial charge in [0.1, 0.15) is 33.7 Å². The summed E-state index contributed by atoms with van der Waals surface area (Å²) >= 11 is 0. The van der Waals surface area contributed by atoms with Gasteiger partial charge < -0.3 is 14.4 Å². The van der Waals surface area contributed by atoms with Crippen LogP contribution in [0.1, 0.15) is 48.1 Å². The Labute approximate surface area is 268 Å². The number of ether oxygens (including phenoxy) is 2. The molecule has 0 spiro atoms. The summed E-state index contributed by atoms with van der Waals surface area (Å²) < 4.78 is 83.3. The number of aryl methyl sites for hydroxylation is 1. The van der Waals surface area contributed by atoms with Crippen LogP contribution in [0.5, 0.6) is 5.88 Å². The van der Waals surface area contributed by atoms with E-state index in [-0.39, 0.29) is 53.9 Å². The molecule has 2 aromatic heterocycles. The van der Waals surface area contributed by atoms with Crippen molar-refractivity contribution in [1.29, 1.82) is 0 Å². The van der Waals surface area contributed by atoms with Crippen LogP contribution in [-0.4, -0.2) is 83.6 Å². The van der Waals surface area contributed by atoms with E-state index >= 15 is 4.39 Å². The number of anilines is 1. The van der Waals surface area contributed by atoms with E-state index in [1.54, 1.807) is 20.8 Å². The van der Waals surface area contributed by atoms with Crippen molar-refractivity contribution in [3.8, 4) is 5.88 Å². The molecule has 1 fully saturated rings. The van der Waals surface area contributed by atoms with Crippen molar-refractivity contribution >= 4 is 33.8 Å². The van der Waals surface area contributed by atoms with Crippen LogP contribution in [0.4, 0.5) is 23.9 Å². The Morgan fingerprint density at radius 1 is 1.13 bits per heavy atom. The van der Waals surface area contributed by atoms with Gasteiger partial charge in [-0.15, -0.1) is 0 Å². The van der Waals surface area contributed by atoms with E-state index in [1.807, 2.05) is 0 Å². The highest BCUT2D eigenvalue weighted by Gasteiger charge is 2.60. The lowest BCUT2D eigenvalue weighted by Gasteiger charge is -2.39. The normalized spacial score (nSPS) is 20.4. The number of amides is 1. The maximum Gasteiger partial charge on any atom is 0.414 e. The lowest BCUT2D eigenvalue weighted by atomic mass is 9.86. The Morgan fingerprint density at radius 3 is 2.49 bits per heavy atom. The number of hydrogen-bond donors (Lipinski definition) is 1. The number of rotatable bonds is 6. The SMILES string of the molecule is COc1nc(N2CC3C(c4cc(CC(=O)c5ccc(F)cn5)ccc4F)(C2)N=C(NC(=O)OC(C)(C)C)N(C)S3(=O)=O)nc(C)c1F. The number of methoxy groups -OCH3 is 1. The molecule has 17 heteroatoms. The van der Waals surface area contributed by atoms with E-state index in [0.717, 1.165) is 22.6 Å². The van der Waals surface area contributed by atoms with Crippen LogP contribution in [0, 0.1) is 24.4 Å². The smallest absolute Gasteiger partial charge is 0.414 e. The monoisotopic (exact) mass is 675 g/mol. The van der Waals surface area contributed by atoms with Gasteiger partial charge in [0, 0.05) is 25.6 Å². The van der Waals surface area contributed by atoms with Crippen LogP contribution < -0.4 is 15.0 Å². The number of pyridine rings is 1. The highest BCUT2D eigenvalue weighted by Crippen LogP contribution is 2.46. The number of guanidine groups is 1. The van der Waals surface area contributed by atoms with Crippen LogP contribution in [0.15, 0.2) is 41.5 Å². The average molecular weight is 676 g/mol. The van der Waals surface area contributed by atoms with Gasteiger partial charge in [-0.1, -0.05) is 6.07 Å². The first-order valence-electron chi connectivity index (χ1n) is 14.3. The quantitative estimate of drug-likeness (QED) is 0.385. The Bertz CT molecular complexity index is 1890. The Balaban J connectivity index is 1.65. The summed E-state index contributed by atoms with van der Waals surface area (Å²) in [6.45, 7) is 5.57. The van der Waals surface area contributed by atoms with Gasteiger partial charge >= 0.3 is 6.09 Å². The number of aromatic nitrogens is 3. The zero-order valence-electron chi connectivity index (χ0n) is 26.3. The first kappa shape index (κ1) is 33.6. The molecule has 1 saturated heterocycles. The third-order valence-electron chi connectivity index (χ3n) is 7.63. The van der Waals surface area contributed by atoms with E-state index in [0.29, 0.717) is 0 Å². The average Bonchev–Trinajstić information content (AvgIpc) is 3.39. The summed E-state index contributed by atoms with van der Waals surface area (Å²) in [7, 11) is -2.02. The minimum Gasteiger partial charge on any atom is -0.479 e. The Morgan fingerprint density at radius 2 is 1.85 bits per heavy atom. The highest BCUT2D eigenvalue weighted by atomic mass is 32.2. The first-order valence-corrected chi connectivity index (χ1v) is 15.8. The zero-order chi connectivity index (χ0) is 34.5. The zero-order valence-corrected chi connectivity index (χ0v) is 27.2. The molecule has 0 aliphatic carbocycles. The number of benzene rings is 1.